The van der Waals surface area contributed by atoms with Crippen LogP contribution < -0.4 is 18.9 Å². The SMILES string of the molecule is CCCCCCCCCC(C)(O)c1cc(-c2ccc(COc3ccc(C4(c5ccc(Oc6ccc(-c7ccc(C)cc7)cc6)cc5)c5ccccc5-c5ccccc54)cc3)cc2)ccc1Oc1ccc(C2(c3ccc(OC)cc3)c3ccccc3-c3ccccc32)cc1. The van der Waals surface area contributed by atoms with Crippen molar-refractivity contribution in [2.45, 2.75) is 95.2 Å². The van der Waals surface area contributed by atoms with E-state index in [9.17, 15) is 5.11 Å². The van der Waals surface area contributed by atoms with E-state index < -0.39 is 16.4 Å². The van der Waals surface area contributed by atoms with Crippen LogP contribution in [0.2, 0.25) is 0 Å². The van der Waals surface area contributed by atoms with Gasteiger partial charge in [0.05, 0.1) is 23.5 Å². The number of aryl methyl sites for hydroxylation is 1. The van der Waals surface area contributed by atoms with E-state index >= 15 is 0 Å². The number of hydrogen-bond acceptors (Lipinski definition) is 5. The highest BCUT2D eigenvalue weighted by atomic mass is 16.5. The quantitative estimate of drug-likeness (QED) is 0.0647. The van der Waals surface area contributed by atoms with Gasteiger partial charge in [0.1, 0.15) is 41.1 Å². The third kappa shape index (κ3) is 11.6. The second-order valence-electron chi connectivity index (χ2n) is 25.4. The average Bonchev–Trinajstić information content (AvgIpc) is 1.57. The van der Waals surface area contributed by atoms with Crippen molar-refractivity contribution in [3.8, 4) is 79.0 Å². The van der Waals surface area contributed by atoms with Crippen LogP contribution in [0.3, 0.4) is 0 Å². The molecule has 0 amide bonds. The molecule has 2 aliphatic rings. The molecule has 0 radical (unpaired) electrons. The molecule has 0 aromatic heterocycles. The molecule has 12 aromatic carbocycles. The predicted octanol–water partition coefficient (Wildman–Crippen LogP) is 22.6. The topological polar surface area (TPSA) is 57.2 Å². The summed E-state index contributed by atoms with van der Waals surface area (Å²) >= 11 is 0. The summed E-state index contributed by atoms with van der Waals surface area (Å²) < 4.78 is 25.6. The minimum atomic E-state index is -1.14. The van der Waals surface area contributed by atoms with Gasteiger partial charge in [-0.25, -0.2) is 0 Å². The van der Waals surface area contributed by atoms with E-state index in [0.29, 0.717) is 24.5 Å². The number of unbranched alkanes of at least 4 members (excludes halogenated alkanes) is 6. The molecule has 93 heavy (non-hydrogen) atoms. The Morgan fingerprint density at radius 3 is 1.19 bits per heavy atom. The largest absolute Gasteiger partial charge is 0.497 e. The van der Waals surface area contributed by atoms with Crippen LogP contribution in [0.4, 0.5) is 0 Å². The Morgan fingerprint density at radius 2 is 0.731 bits per heavy atom. The van der Waals surface area contributed by atoms with Crippen LogP contribution in [-0.2, 0) is 23.0 Å². The molecule has 0 bridgehead atoms. The first-order valence-electron chi connectivity index (χ1n) is 33.1. The van der Waals surface area contributed by atoms with E-state index in [1.54, 1.807) is 7.11 Å². The molecule has 12 aromatic rings. The summed E-state index contributed by atoms with van der Waals surface area (Å²) in [6, 6.07) is 101. The zero-order chi connectivity index (χ0) is 63.4. The molecule has 0 heterocycles. The maximum atomic E-state index is 12.6. The van der Waals surface area contributed by atoms with Gasteiger partial charge in [0, 0.05) is 5.56 Å². The van der Waals surface area contributed by atoms with Crippen molar-refractivity contribution >= 4 is 0 Å². The van der Waals surface area contributed by atoms with Crippen LogP contribution in [0.1, 0.15) is 126 Å². The Morgan fingerprint density at radius 1 is 0.366 bits per heavy atom. The number of aliphatic hydroxyl groups is 1. The second-order valence-corrected chi connectivity index (χ2v) is 25.4. The van der Waals surface area contributed by atoms with Gasteiger partial charge in [0.2, 0.25) is 0 Å². The van der Waals surface area contributed by atoms with E-state index in [1.807, 2.05) is 25.1 Å². The summed E-state index contributed by atoms with van der Waals surface area (Å²) in [7, 11) is 1.71. The van der Waals surface area contributed by atoms with Gasteiger partial charge in [-0.1, -0.05) is 270 Å². The van der Waals surface area contributed by atoms with Gasteiger partial charge in [-0.3, -0.25) is 0 Å². The molecule has 460 valence electrons. The van der Waals surface area contributed by atoms with Gasteiger partial charge in [-0.15, -0.1) is 0 Å². The van der Waals surface area contributed by atoms with Crippen LogP contribution in [-0.4, -0.2) is 12.2 Å². The summed E-state index contributed by atoms with van der Waals surface area (Å²) in [5, 5.41) is 12.6. The molecule has 0 aliphatic heterocycles. The highest BCUT2D eigenvalue weighted by Gasteiger charge is 2.47. The zero-order valence-electron chi connectivity index (χ0n) is 53.6. The summed E-state index contributed by atoms with van der Waals surface area (Å²) in [5.74, 6) is 4.52. The molecular weight excluding hydrogens is 1140 g/mol. The number of ether oxygens (including phenoxy) is 4. The van der Waals surface area contributed by atoms with Crippen LogP contribution in [0, 0.1) is 6.92 Å². The first-order chi connectivity index (χ1) is 45.6. The number of hydrogen-bond donors (Lipinski definition) is 1. The molecule has 1 atom stereocenters. The smallest absolute Gasteiger partial charge is 0.133 e. The highest BCUT2D eigenvalue weighted by Crippen LogP contribution is 2.58. The Kier molecular flexibility index (Phi) is 17.0. The Bertz CT molecular complexity index is 4450. The summed E-state index contributed by atoms with van der Waals surface area (Å²) in [4.78, 5) is 0. The van der Waals surface area contributed by atoms with Crippen LogP contribution >= 0.6 is 0 Å². The second kappa shape index (κ2) is 26.2. The predicted molar refractivity (Wildman–Crippen MR) is 379 cm³/mol. The third-order valence-corrected chi connectivity index (χ3v) is 19.5. The van der Waals surface area contributed by atoms with E-state index in [4.69, 9.17) is 18.9 Å². The molecule has 1 unspecified atom stereocenters. The monoisotopic (exact) mass is 1210 g/mol. The molecule has 0 fully saturated rings. The third-order valence-electron chi connectivity index (χ3n) is 19.5. The van der Waals surface area contributed by atoms with Gasteiger partial charge < -0.3 is 24.1 Å². The minimum Gasteiger partial charge on any atom is -0.497 e. The molecule has 14 rings (SSSR count). The molecule has 2 aliphatic carbocycles. The van der Waals surface area contributed by atoms with Crippen molar-refractivity contribution < 1.29 is 24.1 Å². The standard InChI is InChI=1S/C88H78O5/c1-5-6-7-8-9-10-19-58-86(3,89)84-59-66(38-57-85(84)93-75-55-45-70(46-56-75)87(67-39-49-71(90-4)50-40-67)80-24-15-11-20-76(80)77-21-12-16-25-81(77)87)65-34-30-62(31-35-65)60-91-72-51-41-68(42-52-72)88(82-26-17-13-22-78(82)79-23-14-18-27-83(79)88)69-43-53-74(54-44-69)92-73-47-36-64(37-48-73)63-32-28-61(2)29-33-63/h11-18,20-57,59,89H,5-10,19,58,60H2,1-4H3. The van der Waals surface area contributed by atoms with Crippen LogP contribution in [0.15, 0.2) is 285 Å². The van der Waals surface area contributed by atoms with Gasteiger partial charge in [-0.05, 0) is 188 Å². The first-order valence-corrected chi connectivity index (χ1v) is 33.1. The van der Waals surface area contributed by atoms with E-state index in [2.05, 4.69) is 281 Å². The van der Waals surface area contributed by atoms with Crippen molar-refractivity contribution in [1.29, 1.82) is 0 Å². The molecule has 0 saturated carbocycles. The fourth-order valence-electron chi connectivity index (χ4n) is 14.7. The van der Waals surface area contributed by atoms with Crippen molar-refractivity contribution in [2.24, 2.45) is 0 Å². The molecular formula is C88H78O5. The first kappa shape index (κ1) is 60.4. The maximum Gasteiger partial charge on any atom is 0.133 e. The lowest BCUT2D eigenvalue weighted by atomic mass is 9.68. The van der Waals surface area contributed by atoms with Gasteiger partial charge in [0.25, 0.3) is 0 Å². The Hall–Kier alpha value is -10.2. The van der Waals surface area contributed by atoms with E-state index in [1.165, 1.54) is 87.7 Å². The fraction of sp³-hybridized carbons (Fsp3) is 0.182. The zero-order valence-corrected chi connectivity index (χ0v) is 53.6. The minimum absolute atomic E-state index is 0.400. The van der Waals surface area contributed by atoms with Crippen molar-refractivity contribution in [1.82, 2.24) is 0 Å². The number of methoxy groups -OCH3 is 1. The van der Waals surface area contributed by atoms with Crippen molar-refractivity contribution in [3.63, 3.8) is 0 Å². The molecule has 0 saturated heterocycles. The van der Waals surface area contributed by atoms with Gasteiger partial charge in [0.15, 0.2) is 0 Å². The number of fused-ring (bicyclic) bond motifs is 6. The highest BCUT2D eigenvalue weighted by molar-refractivity contribution is 5.88. The van der Waals surface area contributed by atoms with Gasteiger partial charge >= 0.3 is 0 Å². The molecule has 1 N–H and O–H groups in total. The Labute approximate surface area is 548 Å². The van der Waals surface area contributed by atoms with Crippen molar-refractivity contribution in [3.05, 3.63) is 346 Å². The Balaban J connectivity index is 0.708. The summed E-state index contributed by atoms with van der Waals surface area (Å²) in [6.45, 7) is 6.72. The van der Waals surface area contributed by atoms with Crippen LogP contribution in [0.5, 0.6) is 34.5 Å². The lowest BCUT2D eigenvalue weighted by Gasteiger charge is -2.34. The maximum absolute atomic E-state index is 12.6. The molecule has 5 heteroatoms. The molecule has 5 nitrogen and oxygen atoms in total. The molecule has 0 spiro atoms. The summed E-state index contributed by atoms with van der Waals surface area (Å²) in [6.07, 6.45) is 8.78. The lowest BCUT2D eigenvalue weighted by Crippen LogP contribution is -2.28. The van der Waals surface area contributed by atoms with Gasteiger partial charge in [-0.2, -0.15) is 0 Å². The lowest BCUT2D eigenvalue weighted by molar-refractivity contribution is 0.0428. The van der Waals surface area contributed by atoms with E-state index in [0.717, 1.165) is 85.9 Å². The van der Waals surface area contributed by atoms with Crippen LogP contribution in [0.25, 0.3) is 44.5 Å². The van der Waals surface area contributed by atoms with E-state index in [-0.39, 0.29) is 0 Å². The summed E-state index contributed by atoms with van der Waals surface area (Å²) in [5.41, 5.74) is 19.7. The number of benzene rings is 12. The average molecular weight is 1220 g/mol. The fourth-order valence-corrected chi connectivity index (χ4v) is 14.7. The normalized spacial score (nSPS) is 13.6. The number of rotatable bonds is 23. The van der Waals surface area contributed by atoms with Crippen molar-refractivity contribution in [2.75, 3.05) is 7.11 Å².